The molecule has 0 aromatic heterocycles. The monoisotopic (exact) mass is 506 g/mol. The molecule has 0 radical (unpaired) electrons. The van der Waals surface area contributed by atoms with Crippen LogP contribution in [-0.2, 0) is 22.6 Å². The molecule has 0 spiro atoms. The molecule has 1 N–H and O–H groups in total. The first-order chi connectivity index (χ1) is 17.3. The van der Waals surface area contributed by atoms with E-state index in [0.717, 1.165) is 28.7 Å². The SMILES string of the molecule is CC[C@@H](C)NC(=O)[C@H](Cc1ccccc1)N(Cc1ccc(Cl)cc1)C(=O)COc1ccc(C)c(C)c1. The van der Waals surface area contributed by atoms with E-state index in [1.165, 1.54) is 0 Å². The van der Waals surface area contributed by atoms with E-state index in [2.05, 4.69) is 5.32 Å². The van der Waals surface area contributed by atoms with Crippen molar-refractivity contribution in [1.29, 1.82) is 0 Å². The van der Waals surface area contributed by atoms with E-state index in [-0.39, 0.29) is 31.0 Å². The second-order valence-electron chi connectivity index (χ2n) is 9.21. The summed E-state index contributed by atoms with van der Waals surface area (Å²) in [7, 11) is 0. The largest absolute Gasteiger partial charge is 0.484 e. The summed E-state index contributed by atoms with van der Waals surface area (Å²) in [6.07, 6.45) is 1.19. The van der Waals surface area contributed by atoms with E-state index in [4.69, 9.17) is 16.3 Å². The molecule has 190 valence electrons. The Morgan fingerprint density at radius 1 is 0.944 bits per heavy atom. The summed E-state index contributed by atoms with van der Waals surface area (Å²) in [6, 6.07) is 22.1. The predicted octanol–water partition coefficient (Wildman–Crippen LogP) is 5.89. The van der Waals surface area contributed by atoms with Crippen molar-refractivity contribution in [3.05, 3.63) is 100 Å². The van der Waals surface area contributed by atoms with Crippen LogP contribution >= 0.6 is 11.6 Å². The molecule has 36 heavy (non-hydrogen) atoms. The molecule has 0 saturated heterocycles. The molecule has 0 aliphatic rings. The van der Waals surface area contributed by atoms with Crippen molar-refractivity contribution in [3.8, 4) is 5.75 Å². The molecular formula is C30H35ClN2O3. The summed E-state index contributed by atoms with van der Waals surface area (Å²) in [5.41, 5.74) is 4.11. The highest BCUT2D eigenvalue weighted by molar-refractivity contribution is 6.30. The van der Waals surface area contributed by atoms with Gasteiger partial charge in [0.1, 0.15) is 11.8 Å². The summed E-state index contributed by atoms with van der Waals surface area (Å²) in [4.78, 5) is 28.7. The van der Waals surface area contributed by atoms with Crippen LogP contribution in [0.5, 0.6) is 5.75 Å². The van der Waals surface area contributed by atoms with Gasteiger partial charge in [-0.25, -0.2) is 0 Å². The zero-order valence-corrected chi connectivity index (χ0v) is 22.2. The maximum atomic E-state index is 13.6. The van der Waals surface area contributed by atoms with Crippen LogP contribution in [0.15, 0.2) is 72.8 Å². The van der Waals surface area contributed by atoms with Gasteiger partial charge in [-0.05, 0) is 73.7 Å². The summed E-state index contributed by atoms with van der Waals surface area (Å²) < 4.78 is 5.88. The highest BCUT2D eigenvalue weighted by Gasteiger charge is 2.31. The maximum absolute atomic E-state index is 13.6. The first kappa shape index (κ1) is 27.3. The smallest absolute Gasteiger partial charge is 0.261 e. The zero-order valence-electron chi connectivity index (χ0n) is 21.5. The van der Waals surface area contributed by atoms with E-state index in [9.17, 15) is 9.59 Å². The van der Waals surface area contributed by atoms with E-state index in [1.807, 2.05) is 88.4 Å². The van der Waals surface area contributed by atoms with E-state index < -0.39 is 6.04 Å². The van der Waals surface area contributed by atoms with Gasteiger partial charge in [-0.3, -0.25) is 9.59 Å². The minimum Gasteiger partial charge on any atom is -0.484 e. The number of hydrogen-bond acceptors (Lipinski definition) is 3. The van der Waals surface area contributed by atoms with Crippen LogP contribution in [0.25, 0.3) is 0 Å². The van der Waals surface area contributed by atoms with Crippen LogP contribution in [0.4, 0.5) is 0 Å². The first-order valence-electron chi connectivity index (χ1n) is 12.3. The van der Waals surface area contributed by atoms with Crippen molar-refractivity contribution in [1.82, 2.24) is 10.2 Å². The fraction of sp³-hybridized carbons (Fsp3) is 0.333. The molecule has 3 aromatic rings. The lowest BCUT2D eigenvalue weighted by Gasteiger charge is -2.32. The summed E-state index contributed by atoms with van der Waals surface area (Å²) >= 11 is 6.08. The van der Waals surface area contributed by atoms with Gasteiger partial charge in [0.2, 0.25) is 5.91 Å². The van der Waals surface area contributed by atoms with E-state index >= 15 is 0 Å². The van der Waals surface area contributed by atoms with Gasteiger partial charge in [0, 0.05) is 24.0 Å². The topological polar surface area (TPSA) is 58.6 Å². The molecule has 3 rings (SSSR count). The Balaban J connectivity index is 1.90. The average molecular weight is 507 g/mol. The van der Waals surface area contributed by atoms with Crippen LogP contribution in [0.2, 0.25) is 5.02 Å². The van der Waals surface area contributed by atoms with Crippen molar-refractivity contribution < 1.29 is 14.3 Å². The number of nitrogens with one attached hydrogen (secondary N) is 1. The number of aryl methyl sites for hydroxylation is 2. The molecule has 3 aromatic carbocycles. The minimum absolute atomic E-state index is 0.00459. The van der Waals surface area contributed by atoms with E-state index in [1.54, 1.807) is 17.0 Å². The Bertz CT molecular complexity index is 1150. The van der Waals surface area contributed by atoms with Gasteiger partial charge in [-0.15, -0.1) is 0 Å². The molecule has 0 heterocycles. The van der Waals surface area contributed by atoms with Gasteiger partial charge in [-0.2, -0.15) is 0 Å². The number of amides is 2. The number of benzene rings is 3. The van der Waals surface area contributed by atoms with Crippen LogP contribution in [0, 0.1) is 13.8 Å². The van der Waals surface area contributed by atoms with Crippen LogP contribution in [0.3, 0.4) is 0 Å². The molecule has 0 unspecified atom stereocenters. The third-order valence-corrected chi connectivity index (χ3v) is 6.63. The zero-order chi connectivity index (χ0) is 26.1. The third kappa shape index (κ3) is 7.85. The minimum atomic E-state index is -0.701. The summed E-state index contributed by atoms with van der Waals surface area (Å²) in [5, 5.41) is 3.69. The highest BCUT2D eigenvalue weighted by atomic mass is 35.5. The predicted molar refractivity (Wildman–Crippen MR) is 145 cm³/mol. The quantitative estimate of drug-likeness (QED) is 0.352. The second kappa shape index (κ2) is 13.1. The Kier molecular flexibility index (Phi) is 9.95. The molecule has 0 saturated carbocycles. The Morgan fingerprint density at radius 2 is 1.64 bits per heavy atom. The van der Waals surface area contributed by atoms with Crippen LogP contribution in [-0.4, -0.2) is 35.4 Å². The van der Waals surface area contributed by atoms with E-state index in [0.29, 0.717) is 17.2 Å². The number of ether oxygens (including phenoxy) is 1. The molecule has 0 aliphatic heterocycles. The molecule has 2 atom stereocenters. The van der Waals surface area contributed by atoms with Crippen molar-refractivity contribution >= 4 is 23.4 Å². The van der Waals surface area contributed by atoms with Crippen molar-refractivity contribution in [2.24, 2.45) is 0 Å². The third-order valence-electron chi connectivity index (χ3n) is 6.38. The number of nitrogens with zero attached hydrogens (tertiary/aromatic N) is 1. The lowest BCUT2D eigenvalue weighted by atomic mass is 10.0. The number of carbonyl (C=O) groups excluding carboxylic acids is 2. The summed E-state index contributed by atoms with van der Waals surface area (Å²) in [6.45, 7) is 8.11. The van der Waals surface area contributed by atoms with Gasteiger partial charge >= 0.3 is 0 Å². The number of carbonyl (C=O) groups is 2. The van der Waals surface area contributed by atoms with Crippen LogP contribution in [0.1, 0.15) is 42.5 Å². The standard InChI is InChI=1S/C30H35ClN2O3/c1-5-23(4)32-30(35)28(18-24-9-7-6-8-10-24)33(19-25-12-14-26(31)15-13-25)29(34)20-36-27-16-11-21(2)22(3)17-27/h6-17,23,28H,5,18-20H2,1-4H3,(H,32,35)/t23-,28+/m1/s1. The van der Waals surface area contributed by atoms with Gasteiger partial charge in [0.15, 0.2) is 6.61 Å². The molecule has 2 amide bonds. The highest BCUT2D eigenvalue weighted by Crippen LogP contribution is 2.19. The lowest BCUT2D eigenvalue weighted by molar-refractivity contribution is -0.143. The van der Waals surface area contributed by atoms with Gasteiger partial charge in [-0.1, -0.05) is 67.1 Å². The number of hydrogen-bond donors (Lipinski definition) is 1. The fourth-order valence-electron chi connectivity index (χ4n) is 3.81. The summed E-state index contributed by atoms with van der Waals surface area (Å²) in [5.74, 6) is 0.187. The molecule has 0 aliphatic carbocycles. The van der Waals surface area contributed by atoms with Crippen molar-refractivity contribution in [3.63, 3.8) is 0 Å². The number of rotatable bonds is 11. The molecule has 5 nitrogen and oxygen atoms in total. The lowest BCUT2D eigenvalue weighted by Crippen LogP contribution is -2.53. The van der Waals surface area contributed by atoms with Gasteiger partial charge in [0.25, 0.3) is 5.91 Å². The Morgan fingerprint density at radius 3 is 2.28 bits per heavy atom. The molecule has 0 bridgehead atoms. The van der Waals surface area contributed by atoms with Crippen LogP contribution < -0.4 is 10.1 Å². The van der Waals surface area contributed by atoms with Crippen molar-refractivity contribution in [2.75, 3.05) is 6.61 Å². The maximum Gasteiger partial charge on any atom is 0.261 e. The normalized spacial score (nSPS) is 12.5. The van der Waals surface area contributed by atoms with Gasteiger partial charge in [0.05, 0.1) is 0 Å². The van der Waals surface area contributed by atoms with Crippen molar-refractivity contribution in [2.45, 2.75) is 59.2 Å². The van der Waals surface area contributed by atoms with Gasteiger partial charge < -0.3 is 15.0 Å². The molecule has 0 fully saturated rings. The Hall–Kier alpha value is -3.31. The number of halogens is 1. The molecular weight excluding hydrogens is 472 g/mol. The molecule has 6 heteroatoms. The first-order valence-corrected chi connectivity index (χ1v) is 12.7. The average Bonchev–Trinajstić information content (AvgIpc) is 2.88. The fourth-order valence-corrected chi connectivity index (χ4v) is 3.94. The second-order valence-corrected chi connectivity index (χ2v) is 9.64. The Labute approximate surface area is 219 Å².